The number of nitrogens with one attached hydrogen (secondary N) is 1. The normalized spacial score (nSPS) is 23.8. The SMILES string of the molecule is COCC(C)(CCO)NCC1CCC(C)(C)CC1. The Balaban J connectivity index is 2.34. The number of hydrogen-bond donors (Lipinski definition) is 2. The average molecular weight is 257 g/mol. The van der Waals surface area contributed by atoms with E-state index in [1.165, 1.54) is 25.7 Å². The van der Waals surface area contributed by atoms with Crippen molar-refractivity contribution in [3.05, 3.63) is 0 Å². The highest BCUT2D eigenvalue weighted by molar-refractivity contribution is 4.86. The molecule has 1 aliphatic carbocycles. The molecule has 0 aromatic carbocycles. The molecule has 0 heterocycles. The van der Waals surface area contributed by atoms with Crippen LogP contribution < -0.4 is 5.32 Å². The van der Waals surface area contributed by atoms with Gasteiger partial charge in [0.15, 0.2) is 0 Å². The van der Waals surface area contributed by atoms with E-state index in [9.17, 15) is 0 Å². The minimum atomic E-state index is -0.0868. The molecule has 3 heteroatoms. The smallest absolute Gasteiger partial charge is 0.0642 e. The molecule has 3 nitrogen and oxygen atoms in total. The van der Waals surface area contributed by atoms with E-state index in [2.05, 4.69) is 26.1 Å². The Bertz CT molecular complexity index is 225. The van der Waals surface area contributed by atoms with Gasteiger partial charge in [-0.3, -0.25) is 0 Å². The maximum atomic E-state index is 9.14. The fourth-order valence-corrected chi connectivity index (χ4v) is 2.83. The zero-order valence-electron chi connectivity index (χ0n) is 12.6. The van der Waals surface area contributed by atoms with Crippen molar-refractivity contribution < 1.29 is 9.84 Å². The summed E-state index contributed by atoms with van der Waals surface area (Å²) in [6.07, 6.45) is 6.06. The van der Waals surface area contributed by atoms with Crippen molar-refractivity contribution in [2.24, 2.45) is 11.3 Å². The molecule has 0 aromatic rings. The Morgan fingerprint density at radius 3 is 2.44 bits per heavy atom. The van der Waals surface area contributed by atoms with Crippen molar-refractivity contribution in [3.8, 4) is 0 Å². The van der Waals surface area contributed by atoms with Crippen LogP contribution in [0, 0.1) is 11.3 Å². The van der Waals surface area contributed by atoms with Gasteiger partial charge in [-0.25, -0.2) is 0 Å². The van der Waals surface area contributed by atoms with Crippen molar-refractivity contribution in [1.29, 1.82) is 0 Å². The highest BCUT2D eigenvalue weighted by Crippen LogP contribution is 2.37. The van der Waals surface area contributed by atoms with E-state index >= 15 is 0 Å². The molecule has 1 unspecified atom stereocenters. The third kappa shape index (κ3) is 5.25. The molecule has 0 amide bonds. The lowest BCUT2D eigenvalue weighted by molar-refractivity contribution is 0.0897. The third-order valence-electron chi connectivity index (χ3n) is 4.40. The zero-order valence-corrected chi connectivity index (χ0v) is 12.6. The Kier molecular flexibility index (Phi) is 6.09. The van der Waals surface area contributed by atoms with Gasteiger partial charge in [0.2, 0.25) is 0 Å². The predicted molar refractivity (Wildman–Crippen MR) is 75.7 cm³/mol. The topological polar surface area (TPSA) is 41.5 Å². The molecular weight excluding hydrogens is 226 g/mol. The molecule has 1 rings (SSSR count). The summed E-state index contributed by atoms with van der Waals surface area (Å²) in [4.78, 5) is 0. The van der Waals surface area contributed by atoms with E-state index in [0.29, 0.717) is 12.0 Å². The van der Waals surface area contributed by atoms with Crippen LogP contribution in [0.15, 0.2) is 0 Å². The largest absolute Gasteiger partial charge is 0.396 e. The van der Waals surface area contributed by atoms with E-state index in [-0.39, 0.29) is 12.1 Å². The van der Waals surface area contributed by atoms with Gasteiger partial charge in [-0.15, -0.1) is 0 Å². The molecule has 0 saturated heterocycles. The van der Waals surface area contributed by atoms with E-state index in [1.807, 2.05) is 0 Å². The lowest BCUT2D eigenvalue weighted by atomic mass is 9.73. The molecule has 0 bridgehead atoms. The first-order valence-electron chi connectivity index (χ1n) is 7.26. The predicted octanol–water partition coefficient (Wildman–Crippen LogP) is 2.58. The van der Waals surface area contributed by atoms with E-state index < -0.39 is 0 Å². The Morgan fingerprint density at radius 2 is 1.94 bits per heavy atom. The summed E-state index contributed by atoms with van der Waals surface area (Å²) in [6.45, 7) is 8.81. The van der Waals surface area contributed by atoms with Gasteiger partial charge in [0.25, 0.3) is 0 Å². The molecule has 108 valence electrons. The van der Waals surface area contributed by atoms with Crippen LogP contribution in [0.4, 0.5) is 0 Å². The molecule has 2 N–H and O–H groups in total. The van der Waals surface area contributed by atoms with Gasteiger partial charge in [0.05, 0.1) is 6.61 Å². The van der Waals surface area contributed by atoms with Crippen LogP contribution in [0.25, 0.3) is 0 Å². The number of hydrogen-bond acceptors (Lipinski definition) is 3. The molecule has 0 spiro atoms. The van der Waals surface area contributed by atoms with Gasteiger partial charge in [-0.2, -0.15) is 0 Å². The number of rotatable bonds is 7. The summed E-state index contributed by atoms with van der Waals surface area (Å²) in [5.74, 6) is 0.785. The summed E-state index contributed by atoms with van der Waals surface area (Å²) < 4.78 is 5.26. The highest BCUT2D eigenvalue weighted by atomic mass is 16.5. The fraction of sp³-hybridized carbons (Fsp3) is 1.00. The van der Waals surface area contributed by atoms with Gasteiger partial charge in [-0.1, -0.05) is 13.8 Å². The quantitative estimate of drug-likeness (QED) is 0.736. The van der Waals surface area contributed by atoms with Gasteiger partial charge >= 0.3 is 0 Å². The number of aliphatic hydroxyl groups excluding tert-OH is 1. The third-order valence-corrected chi connectivity index (χ3v) is 4.40. The zero-order chi connectivity index (χ0) is 13.6. The fourth-order valence-electron chi connectivity index (χ4n) is 2.83. The van der Waals surface area contributed by atoms with Gasteiger partial charge in [-0.05, 0) is 56.9 Å². The Hall–Kier alpha value is -0.120. The first kappa shape index (κ1) is 15.9. The maximum Gasteiger partial charge on any atom is 0.0642 e. The average Bonchev–Trinajstić information content (AvgIpc) is 2.28. The van der Waals surface area contributed by atoms with Crippen molar-refractivity contribution >= 4 is 0 Å². The summed E-state index contributed by atoms with van der Waals surface area (Å²) in [5, 5.41) is 12.7. The van der Waals surface area contributed by atoms with Gasteiger partial charge < -0.3 is 15.2 Å². The van der Waals surface area contributed by atoms with E-state index in [1.54, 1.807) is 7.11 Å². The van der Waals surface area contributed by atoms with Crippen LogP contribution in [0.3, 0.4) is 0 Å². The number of ether oxygens (including phenoxy) is 1. The second kappa shape index (κ2) is 6.88. The summed E-state index contributed by atoms with van der Waals surface area (Å²) >= 11 is 0. The Labute approximate surface area is 112 Å². The van der Waals surface area contributed by atoms with Crippen LogP contribution in [-0.4, -0.2) is 37.5 Å². The van der Waals surface area contributed by atoms with E-state index in [4.69, 9.17) is 9.84 Å². The molecule has 0 radical (unpaired) electrons. The standard InChI is InChI=1S/C15H31NO2/c1-14(2)7-5-13(6-8-14)11-16-15(3,9-10-17)12-18-4/h13,16-17H,5-12H2,1-4H3. The van der Waals surface area contributed by atoms with Crippen molar-refractivity contribution in [3.63, 3.8) is 0 Å². The number of methoxy groups -OCH3 is 1. The van der Waals surface area contributed by atoms with Crippen LogP contribution in [0.5, 0.6) is 0 Å². The van der Waals surface area contributed by atoms with Crippen LogP contribution in [0.1, 0.15) is 52.9 Å². The lowest BCUT2D eigenvalue weighted by Gasteiger charge is -2.37. The monoisotopic (exact) mass is 257 g/mol. The molecular formula is C15H31NO2. The first-order valence-corrected chi connectivity index (χ1v) is 7.26. The molecule has 1 fully saturated rings. The van der Waals surface area contributed by atoms with Crippen molar-refractivity contribution in [2.45, 2.75) is 58.4 Å². The van der Waals surface area contributed by atoms with E-state index in [0.717, 1.165) is 18.9 Å². The van der Waals surface area contributed by atoms with Crippen LogP contribution >= 0.6 is 0 Å². The van der Waals surface area contributed by atoms with Crippen LogP contribution in [0.2, 0.25) is 0 Å². The molecule has 1 aliphatic rings. The van der Waals surface area contributed by atoms with Gasteiger partial charge in [0.1, 0.15) is 0 Å². The van der Waals surface area contributed by atoms with Gasteiger partial charge in [0, 0.05) is 19.3 Å². The van der Waals surface area contributed by atoms with Crippen LogP contribution in [-0.2, 0) is 4.74 Å². The molecule has 1 atom stereocenters. The Morgan fingerprint density at radius 1 is 1.33 bits per heavy atom. The molecule has 0 aliphatic heterocycles. The van der Waals surface area contributed by atoms with Crippen molar-refractivity contribution in [1.82, 2.24) is 5.32 Å². The summed E-state index contributed by atoms with van der Waals surface area (Å²) in [5.41, 5.74) is 0.452. The lowest BCUT2D eigenvalue weighted by Crippen LogP contribution is -2.49. The minimum absolute atomic E-state index is 0.0868. The summed E-state index contributed by atoms with van der Waals surface area (Å²) in [6, 6.07) is 0. The summed E-state index contributed by atoms with van der Waals surface area (Å²) in [7, 11) is 1.72. The highest BCUT2D eigenvalue weighted by Gasteiger charge is 2.29. The first-order chi connectivity index (χ1) is 8.41. The maximum absolute atomic E-state index is 9.14. The molecule has 0 aromatic heterocycles. The molecule has 1 saturated carbocycles. The second-order valence-corrected chi connectivity index (χ2v) is 6.96. The van der Waals surface area contributed by atoms with Crippen molar-refractivity contribution in [2.75, 3.05) is 26.9 Å². The molecule has 18 heavy (non-hydrogen) atoms. The number of aliphatic hydroxyl groups is 1. The minimum Gasteiger partial charge on any atom is -0.396 e. The second-order valence-electron chi connectivity index (χ2n) is 6.96.